The molecule has 2 unspecified atom stereocenters. The third kappa shape index (κ3) is 33.9. The Kier molecular flexibility index (Phi) is 38.3. The second kappa shape index (κ2) is 33.3. The van der Waals surface area contributed by atoms with Gasteiger partial charge in [0.25, 0.3) is 0 Å². The van der Waals surface area contributed by atoms with Gasteiger partial charge in [-0.25, -0.2) is 4.79 Å². The molecular formula is C38H82O4. The molecule has 1 N–H and O–H groups in total. The van der Waals surface area contributed by atoms with Crippen molar-refractivity contribution in [3.8, 4) is 0 Å². The number of unbranched alkanes of at least 4 members (excludes halogenated alkanes) is 2. The molecule has 0 radical (unpaired) electrons. The van der Waals surface area contributed by atoms with E-state index in [-0.39, 0.29) is 7.43 Å². The van der Waals surface area contributed by atoms with E-state index in [4.69, 9.17) is 14.6 Å². The molecule has 1 aliphatic heterocycles. The number of epoxide rings is 1. The van der Waals surface area contributed by atoms with Crippen molar-refractivity contribution in [1.29, 1.82) is 0 Å². The molecule has 0 amide bonds. The van der Waals surface area contributed by atoms with Crippen LogP contribution in [0.2, 0.25) is 0 Å². The number of hydrogen-bond acceptors (Lipinski definition) is 4. The van der Waals surface area contributed by atoms with Gasteiger partial charge in [0, 0.05) is 0 Å². The van der Waals surface area contributed by atoms with E-state index in [0.717, 1.165) is 31.3 Å². The summed E-state index contributed by atoms with van der Waals surface area (Å²) in [6, 6.07) is 0. The number of ether oxygens (including phenoxy) is 2. The molecule has 0 bridgehead atoms. The summed E-state index contributed by atoms with van der Waals surface area (Å²) in [5.41, 5.74) is 0.583. The van der Waals surface area contributed by atoms with Gasteiger partial charge in [-0.05, 0) is 36.5 Å². The highest BCUT2D eigenvalue weighted by molar-refractivity contribution is 5.73. The summed E-state index contributed by atoms with van der Waals surface area (Å²) in [5, 5.41) is 8.80. The van der Waals surface area contributed by atoms with E-state index in [1.165, 1.54) is 96.8 Å². The highest BCUT2D eigenvalue weighted by atomic mass is 16.6. The van der Waals surface area contributed by atoms with Gasteiger partial charge in [-0.1, -0.05) is 180 Å². The number of aliphatic hydroxyl groups excluding tert-OH is 1. The van der Waals surface area contributed by atoms with Gasteiger partial charge in [-0.3, -0.25) is 0 Å². The topological polar surface area (TPSA) is 59.1 Å². The number of rotatable bonds is 14. The smallest absolute Gasteiger partial charge is 0.334 e. The standard InChI is InChI=1S/C12H24.C9H18O3.C7H16.C5H12.C4H8O.CH4/c1-3-5-11-7-9-12(6-4-2)10-8-11;1-4-8(5-2)6-12-9(11)7(3)10;1-5-7(3,4)6-2;1-3-5-4-2;1-2-4-3-5-4;/h11-12H,3-10H2,1-2H3;7-8,10H,4-6H2,1-3H3;5-6H2,1-4H3;3-5H2,1-2H3;4H,2-3H2,1H3;1H4. The molecule has 2 fully saturated rings. The molecule has 4 heteroatoms. The molecular weight excluding hydrogens is 520 g/mol. The van der Waals surface area contributed by atoms with Crippen LogP contribution in [0.1, 0.15) is 193 Å². The lowest BCUT2D eigenvalue weighted by Gasteiger charge is -2.27. The molecule has 1 saturated heterocycles. The first kappa shape index (κ1) is 48.3. The Morgan fingerprint density at radius 3 is 1.38 bits per heavy atom. The molecule has 258 valence electrons. The predicted molar refractivity (Wildman–Crippen MR) is 188 cm³/mol. The van der Waals surface area contributed by atoms with Crippen molar-refractivity contribution in [2.45, 2.75) is 205 Å². The third-order valence-electron chi connectivity index (χ3n) is 8.80. The Morgan fingerprint density at radius 2 is 1.21 bits per heavy atom. The molecule has 1 heterocycles. The largest absolute Gasteiger partial charge is 0.463 e. The third-order valence-corrected chi connectivity index (χ3v) is 8.80. The van der Waals surface area contributed by atoms with Gasteiger partial charge < -0.3 is 14.6 Å². The molecule has 0 aromatic carbocycles. The maximum atomic E-state index is 10.8. The second-order valence-corrected chi connectivity index (χ2v) is 13.0. The van der Waals surface area contributed by atoms with Gasteiger partial charge >= 0.3 is 5.97 Å². The first-order valence-electron chi connectivity index (χ1n) is 17.9. The molecule has 2 aliphatic rings. The second-order valence-electron chi connectivity index (χ2n) is 13.0. The van der Waals surface area contributed by atoms with Gasteiger partial charge in [0.15, 0.2) is 0 Å². The van der Waals surface area contributed by atoms with Crippen molar-refractivity contribution >= 4 is 5.97 Å². The van der Waals surface area contributed by atoms with Crippen molar-refractivity contribution in [3.63, 3.8) is 0 Å². The van der Waals surface area contributed by atoms with Crippen molar-refractivity contribution in [3.05, 3.63) is 0 Å². The SMILES string of the molecule is C.CCC(C)(C)CC.CCC(CC)COC(=O)C(C)O.CCC1CO1.CCCC1CCC(CCC)CC1.CCCCC. The number of aliphatic hydroxyl groups is 1. The van der Waals surface area contributed by atoms with Crippen LogP contribution in [0.4, 0.5) is 0 Å². The minimum absolute atomic E-state index is 0. The van der Waals surface area contributed by atoms with Gasteiger partial charge in [0.1, 0.15) is 6.10 Å². The van der Waals surface area contributed by atoms with Crippen molar-refractivity contribution < 1.29 is 19.4 Å². The van der Waals surface area contributed by atoms with E-state index in [1.807, 2.05) is 0 Å². The van der Waals surface area contributed by atoms with E-state index in [0.29, 0.717) is 24.0 Å². The van der Waals surface area contributed by atoms with Crippen LogP contribution in [0.15, 0.2) is 0 Å². The monoisotopic (exact) mass is 603 g/mol. The average Bonchev–Trinajstić information content (AvgIpc) is 3.82. The highest BCUT2D eigenvalue weighted by Crippen LogP contribution is 2.33. The minimum Gasteiger partial charge on any atom is -0.463 e. The normalized spacial score (nSPS) is 19.5. The van der Waals surface area contributed by atoms with E-state index in [9.17, 15) is 4.79 Å². The molecule has 4 nitrogen and oxygen atoms in total. The molecule has 2 rings (SSSR count). The summed E-state index contributed by atoms with van der Waals surface area (Å²) in [6.45, 7) is 27.2. The maximum Gasteiger partial charge on any atom is 0.334 e. The zero-order chi connectivity index (χ0) is 32.1. The quantitative estimate of drug-likeness (QED) is 0.159. The Labute approximate surface area is 266 Å². The van der Waals surface area contributed by atoms with Gasteiger partial charge in [-0.2, -0.15) is 0 Å². The molecule has 2 atom stereocenters. The Balaban J connectivity index is -0.000000224. The fourth-order valence-corrected chi connectivity index (χ4v) is 4.38. The summed E-state index contributed by atoms with van der Waals surface area (Å²) < 4.78 is 9.72. The van der Waals surface area contributed by atoms with Gasteiger partial charge in [0.05, 0.1) is 19.3 Å². The summed E-state index contributed by atoms with van der Waals surface area (Å²) in [6.07, 6.45) is 21.4. The number of hydrogen-bond donors (Lipinski definition) is 1. The van der Waals surface area contributed by atoms with Gasteiger partial charge in [-0.15, -0.1) is 0 Å². The highest BCUT2D eigenvalue weighted by Gasteiger charge is 2.19. The molecule has 1 saturated carbocycles. The van der Waals surface area contributed by atoms with E-state index >= 15 is 0 Å². The van der Waals surface area contributed by atoms with Crippen LogP contribution in [-0.4, -0.2) is 36.5 Å². The molecule has 1 aliphatic carbocycles. The summed E-state index contributed by atoms with van der Waals surface area (Å²) >= 11 is 0. The zero-order valence-corrected chi connectivity index (χ0v) is 30.3. The lowest BCUT2D eigenvalue weighted by atomic mass is 9.78. The number of esters is 1. The Hall–Kier alpha value is -0.610. The van der Waals surface area contributed by atoms with E-state index in [1.54, 1.807) is 0 Å². The fourth-order valence-electron chi connectivity index (χ4n) is 4.38. The average molecular weight is 603 g/mol. The first-order chi connectivity index (χ1) is 19.4. The molecule has 42 heavy (non-hydrogen) atoms. The summed E-state index contributed by atoms with van der Waals surface area (Å²) in [5.74, 6) is 2.07. The minimum atomic E-state index is -1.00. The van der Waals surface area contributed by atoms with Crippen LogP contribution >= 0.6 is 0 Å². The summed E-state index contributed by atoms with van der Waals surface area (Å²) in [7, 11) is 0. The van der Waals surface area contributed by atoms with Crippen LogP contribution in [0, 0.1) is 23.2 Å². The summed E-state index contributed by atoms with van der Waals surface area (Å²) in [4.78, 5) is 10.8. The first-order valence-corrected chi connectivity index (χ1v) is 17.9. The number of carbonyl (C=O) groups excluding carboxylic acids is 1. The lowest BCUT2D eigenvalue weighted by Crippen LogP contribution is -2.22. The van der Waals surface area contributed by atoms with Crippen LogP contribution in [-0.2, 0) is 14.3 Å². The van der Waals surface area contributed by atoms with Crippen molar-refractivity contribution in [1.82, 2.24) is 0 Å². The van der Waals surface area contributed by atoms with Crippen LogP contribution in [0.3, 0.4) is 0 Å². The van der Waals surface area contributed by atoms with Crippen LogP contribution in [0.25, 0.3) is 0 Å². The molecule has 0 spiro atoms. The maximum absolute atomic E-state index is 10.8. The van der Waals surface area contributed by atoms with E-state index < -0.39 is 12.1 Å². The molecule has 0 aromatic rings. The lowest BCUT2D eigenvalue weighted by molar-refractivity contribution is -0.154. The Bertz CT molecular complexity index is 493. The van der Waals surface area contributed by atoms with Crippen LogP contribution in [0.5, 0.6) is 0 Å². The van der Waals surface area contributed by atoms with E-state index in [2.05, 4.69) is 76.2 Å². The van der Waals surface area contributed by atoms with Crippen molar-refractivity contribution in [2.75, 3.05) is 13.2 Å². The zero-order valence-electron chi connectivity index (χ0n) is 30.3. The van der Waals surface area contributed by atoms with Crippen molar-refractivity contribution in [2.24, 2.45) is 23.2 Å². The fraction of sp³-hybridized carbons (Fsp3) is 0.974. The predicted octanol–water partition coefficient (Wildman–Crippen LogP) is 12.2. The Morgan fingerprint density at radius 1 is 0.810 bits per heavy atom. The molecule has 0 aromatic heterocycles. The number of carbonyl (C=O) groups is 1. The van der Waals surface area contributed by atoms with Gasteiger partial charge in [0.2, 0.25) is 0 Å². The van der Waals surface area contributed by atoms with Crippen LogP contribution < -0.4 is 0 Å².